The molecule has 0 saturated heterocycles. The molecule has 0 bridgehead atoms. The average Bonchev–Trinajstić information content (AvgIpc) is 2.26. The number of hydrogen-bond acceptors (Lipinski definition) is 2. The first-order valence-corrected chi connectivity index (χ1v) is 7.16. The number of rotatable bonds is 11. The smallest absolute Gasteiger partial charge is 0.0502 e. The molecule has 0 fully saturated rings. The topological polar surface area (TPSA) is 9.23 Å². The van der Waals surface area contributed by atoms with Crippen molar-refractivity contribution in [2.24, 2.45) is 5.92 Å². The van der Waals surface area contributed by atoms with Crippen molar-refractivity contribution in [3.63, 3.8) is 0 Å². The second kappa shape index (κ2) is 12.4. The van der Waals surface area contributed by atoms with Gasteiger partial charge in [0.15, 0.2) is 0 Å². The van der Waals surface area contributed by atoms with Crippen LogP contribution < -0.4 is 0 Å². The van der Waals surface area contributed by atoms with Crippen molar-refractivity contribution in [1.82, 2.24) is 0 Å². The minimum Gasteiger partial charge on any atom is -0.381 e. The molecule has 0 aromatic heterocycles. The maximum Gasteiger partial charge on any atom is 0.0502 e. The van der Waals surface area contributed by atoms with Crippen molar-refractivity contribution in [2.45, 2.75) is 58.8 Å². The summed E-state index contributed by atoms with van der Waals surface area (Å²) >= 11 is 4.34. The maximum atomic E-state index is 5.67. The van der Waals surface area contributed by atoms with Crippen molar-refractivity contribution in [3.8, 4) is 0 Å². The van der Waals surface area contributed by atoms with Gasteiger partial charge in [0.05, 0.1) is 6.61 Å². The highest BCUT2D eigenvalue weighted by Gasteiger charge is 2.04. The van der Waals surface area contributed by atoms with Gasteiger partial charge >= 0.3 is 0 Å². The highest BCUT2D eigenvalue weighted by atomic mass is 32.1. The van der Waals surface area contributed by atoms with Crippen molar-refractivity contribution in [1.29, 1.82) is 0 Å². The van der Waals surface area contributed by atoms with Crippen LogP contribution in [0.5, 0.6) is 0 Å². The predicted octanol–water partition coefficient (Wildman–Crippen LogP) is 4.32. The largest absolute Gasteiger partial charge is 0.381 e. The molecule has 0 amide bonds. The van der Waals surface area contributed by atoms with Crippen LogP contribution in [0.25, 0.3) is 0 Å². The Balaban J connectivity index is 3.14. The summed E-state index contributed by atoms with van der Waals surface area (Å²) in [6, 6.07) is 0. The van der Waals surface area contributed by atoms with E-state index in [2.05, 4.69) is 26.5 Å². The Morgan fingerprint density at radius 3 is 2.33 bits per heavy atom. The highest BCUT2D eigenvalue weighted by Crippen LogP contribution is 2.09. The summed E-state index contributed by atoms with van der Waals surface area (Å²) in [5.74, 6) is 1.62. The molecular weight excluding hydrogens is 204 g/mol. The molecule has 0 aliphatic carbocycles. The summed E-state index contributed by atoms with van der Waals surface area (Å²) in [4.78, 5) is 0. The van der Waals surface area contributed by atoms with Crippen LogP contribution in [-0.2, 0) is 4.74 Å². The third kappa shape index (κ3) is 10.6. The summed E-state index contributed by atoms with van der Waals surface area (Å²) < 4.78 is 5.67. The van der Waals surface area contributed by atoms with E-state index in [1.807, 2.05) is 0 Å². The van der Waals surface area contributed by atoms with Gasteiger partial charge in [0.1, 0.15) is 0 Å². The van der Waals surface area contributed by atoms with Gasteiger partial charge in [0.25, 0.3) is 0 Å². The van der Waals surface area contributed by atoms with Crippen LogP contribution in [0.4, 0.5) is 0 Å². The van der Waals surface area contributed by atoms with E-state index in [1.54, 1.807) is 0 Å². The number of thiol groups is 1. The SMILES string of the molecule is CCCCCCCOCC(CS)CCC. The second-order valence-electron chi connectivity index (χ2n) is 4.33. The molecule has 0 N–H and O–H groups in total. The van der Waals surface area contributed by atoms with Gasteiger partial charge in [-0.1, -0.05) is 46.0 Å². The zero-order valence-electron chi connectivity index (χ0n) is 10.5. The second-order valence-corrected chi connectivity index (χ2v) is 4.69. The van der Waals surface area contributed by atoms with E-state index in [4.69, 9.17) is 4.74 Å². The number of hydrogen-bond donors (Lipinski definition) is 1. The molecule has 0 aliphatic rings. The van der Waals surface area contributed by atoms with Gasteiger partial charge in [0.2, 0.25) is 0 Å². The summed E-state index contributed by atoms with van der Waals surface area (Å²) in [6.07, 6.45) is 9.10. The standard InChI is InChI=1S/C13H28OS/c1-3-5-6-7-8-10-14-11-13(12-15)9-4-2/h13,15H,3-12H2,1-2H3. The Hall–Kier alpha value is 0.310. The lowest BCUT2D eigenvalue weighted by Crippen LogP contribution is -2.11. The molecule has 1 atom stereocenters. The Morgan fingerprint density at radius 1 is 1.00 bits per heavy atom. The monoisotopic (exact) mass is 232 g/mol. The first-order chi connectivity index (χ1) is 7.35. The average molecular weight is 232 g/mol. The molecule has 1 unspecified atom stereocenters. The molecule has 1 nitrogen and oxygen atoms in total. The van der Waals surface area contributed by atoms with Crippen LogP contribution in [0.15, 0.2) is 0 Å². The first kappa shape index (κ1) is 15.3. The normalized spacial score (nSPS) is 13.0. The van der Waals surface area contributed by atoms with E-state index in [0.717, 1.165) is 19.0 Å². The van der Waals surface area contributed by atoms with Gasteiger partial charge in [0, 0.05) is 6.61 Å². The van der Waals surface area contributed by atoms with Crippen LogP contribution in [0.2, 0.25) is 0 Å². The highest BCUT2D eigenvalue weighted by molar-refractivity contribution is 7.80. The van der Waals surface area contributed by atoms with Crippen molar-refractivity contribution in [2.75, 3.05) is 19.0 Å². The Kier molecular flexibility index (Phi) is 12.6. The van der Waals surface area contributed by atoms with Crippen LogP contribution in [0, 0.1) is 5.92 Å². The lowest BCUT2D eigenvalue weighted by molar-refractivity contribution is 0.0998. The minimum atomic E-state index is 0.661. The molecule has 2 heteroatoms. The van der Waals surface area contributed by atoms with E-state index in [0.29, 0.717) is 5.92 Å². The molecule has 0 aromatic carbocycles. The fourth-order valence-corrected chi connectivity index (χ4v) is 1.98. The van der Waals surface area contributed by atoms with Gasteiger partial charge in [-0.3, -0.25) is 0 Å². The van der Waals surface area contributed by atoms with Crippen LogP contribution >= 0.6 is 12.6 Å². The van der Waals surface area contributed by atoms with Crippen molar-refractivity contribution >= 4 is 12.6 Å². The lowest BCUT2D eigenvalue weighted by atomic mass is 10.1. The molecule has 0 rings (SSSR count). The van der Waals surface area contributed by atoms with Crippen LogP contribution in [0.3, 0.4) is 0 Å². The third-order valence-corrected chi connectivity index (χ3v) is 3.22. The molecule has 0 spiro atoms. The van der Waals surface area contributed by atoms with E-state index < -0.39 is 0 Å². The molecule has 0 aromatic rings. The first-order valence-electron chi connectivity index (χ1n) is 6.53. The predicted molar refractivity (Wildman–Crippen MR) is 71.8 cm³/mol. The Labute approximate surface area is 101 Å². The summed E-state index contributed by atoms with van der Waals surface area (Å²) in [6.45, 7) is 6.32. The number of ether oxygens (including phenoxy) is 1. The Bertz CT molecular complexity index is 117. The zero-order valence-corrected chi connectivity index (χ0v) is 11.4. The van der Waals surface area contributed by atoms with Gasteiger partial charge in [-0.15, -0.1) is 0 Å². The van der Waals surface area contributed by atoms with E-state index in [1.165, 1.54) is 44.9 Å². The fourth-order valence-electron chi connectivity index (χ4n) is 1.69. The molecule has 0 radical (unpaired) electrons. The van der Waals surface area contributed by atoms with Crippen molar-refractivity contribution < 1.29 is 4.74 Å². The van der Waals surface area contributed by atoms with E-state index >= 15 is 0 Å². The van der Waals surface area contributed by atoms with Gasteiger partial charge < -0.3 is 4.74 Å². The van der Waals surface area contributed by atoms with Crippen molar-refractivity contribution in [3.05, 3.63) is 0 Å². The molecule has 0 aliphatic heterocycles. The fraction of sp³-hybridized carbons (Fsp3) is 1.00. The molecule has 15 heavy (non-hydrogen) atoms. The molecular formula is C13H28OS. The van der Waals surface area contributed by atoms with E-state index in [-0.39, 0.29) is 0 Å². The molecule has 0 saturated carbocycles. The van der Waals surface area contributed by atoms with Gasteiger partial charge in [-0.25, -0.2) is 0 Å². The van der Waals surface area contributed by atoms with Gasteiger partial charge in [-0.05, 0) is 24.5 Å². The summed E-state index contributed by atoms with van der Waals surface area (Å²) in [5, 5.41) is 0. The number of unbranched alkanes of at least 4 members (excludes halogenated alkanes) is 4. The van der Waals surface area contributed by atoms with Gasteiger partial charge in [-0.2, -0.15) is 12.6 Å². The van der Waals surface area contributed by atoms with E-state index in [9.17, 15) is 0 Å². The minimum absolute atomic E-state index is 0.661. The molecule has 92 valence electrons. The summed E-state index contributed by atoms with van der Waals surface area (Å²) in [7, 11) is 0. The zero-order chi connectivity index (χ0) is 11.4. The lowest BCUT2D eigenvalue weighted by Gasteiger charge is -2.13. The summed E-state index contributed by atoms with van der Waals surface area (Å²) in [5.41, 5.74) is 0. The third-order valence-electron chi connectivity index (χ3n) is 2.70. The maximum absolute atomic E-state index is 5.67. The quantitative estimate of drug-likeness (QED) is 0.412. The van der Waals surface area contributed by atoms with Crippen LogP contribution in [-0.4, -0.2) is 19.0 Å². The molecule has 0 heterocycles. The Morgan fingerprint density at radius 2 is 1.73 bits per heavy atom. The van der Waals surface area contributed by atoms with Crippen LogP contribution in [0.1, 0.15) is 58.8 Å².